The quantitative estimate of drug-likeness (QED) is 0.178. The maximum atomic E-state index is 14.4. The number of amides is 2. The van der Waals surface area contributed by atoms with Crippen LogP contribution in [0.25, 0.3) is 10.9 Å². The van der Waals surface area contributed by atoms with Gasteiger partial charge in [0, 0.05) is 67.6 Å². The van der Waals surface area contributed by atoms with Crippen molar-refractivity contribution in [2.24, 2.45) is 11.8 Å². The highest BCUT2D eigenvalue weighted by molar-refractivity contribution is 5.78. The Morgan fingerprint density at radius 1 is 1.17 bits per heavy atom. The number of nitrogens with two attached hydrogens (primary N) is 1. The van der Waals surface area contributed by atoms with Crippen LogP contribution in [-0.4, -0.2) is 75.6 Å². The van der Waals surface area contributed by atoms with E-state index < -0.39 is 0 Å². The van der Waals surface area contributed by atoms with Gasteiger partial charge in [-0.1, -0.05) is 32.0 Å². The number of carbonyl (C=O) groups is 1. The smallest absolute Gasteiger partial charge is 0.328 e. The SMILES string of the molecule is CCC(C1=C(NN)CCN(C(=O)[N+]2(C3CC(C)CCN(Cc4cnc5ccccc5c4)C3)CC2)C1)c1ccnc(C)c1. The molecule has 2 saturated heterocycles. The Bertz CT molecular complexity index is 1470. The number of aromatic nitrogens is 2. The summed E-state index contributed by atoms with van der Waals surface area (Å²) in [5.41, 5.74) is 9.85. The molecular formula is C34H46N7O+. The minimum absolute atomic E-state index is 0.208. The van der Waals surface area contributed by atoms with Crippen LogP contribution < -0.4 is 11.3 Å². The van der Waals surface area contributed by atoms with Crippen LogP contribution in [0.5, 0.6) is 0 Å². The third kappa shape index (κ3) is 5.80. The highest BCUT2D eigenvalue weighted by atomic mass is 16.2. The first kappa shape index (κ1) is 28.8. The zero-order valence-corrected chi connectivity index (χ0v) is 25.4. The zero-order valence-electron chi connectivity index (χ0n) is 25.4. The molecule has 222 valence electrons. The fraction of sp³-hybridized carbons (Fsp3) is 0.500. The van der Waals surface area contributed by atoms with Gasteiger partial charge in [-0.2, -0.15) is 0 Å². The van der Waals surface area contributed by atoms with E-state index in [4.69, 9.17) is 10.8 Å². The van der Waals surface area contributed by atoms with E-state index in [1.165, 1.54) is 22.1 Å². The van der Waals surface area contributed by atoms with Gasteiger partial charge in [0.15, 0.2) is 0 Å². The molecule has 2 amide bonds. The number of carbonyl (C=O) groups excluding carboxylic acids is 1. The summed E-state index contributed by atoms with van der Waals surface area (Å²) in [6.45, 7) is 12.7. The molecule has 5 heterocycles. The van der Waals surface area contributed by atoms with Crippen LogP contribution in [0.2, 0.25) is 0 Å². The molecule has 3 aliphatic heterocycles. The Kier molecular flexibility index (Phi) is 8.30. The zero-order chi connectivity index (χ0) is 29.3. The molecule has 2 fully saturated rings. The van der Waals surface area contributed by atoms with Crippen molar-refractivity contribution >= 4 is 16.9 Å². The number of nitrogens with one attached hydrogen (secondary N) is 1. The van der Waals surface area contributed by atoms with Crippen molar-refractivity contribution < 1.29 is 9.28 Å². The summed E-state index contributed by atoms with van der Waals surface area (Å²) < 4.78 is 0.598. The number of hydrogen-bond acceptors (Lipinski definition) is 6. The lowest BCUT2D eigenvalue weighted by Gasteiger charge is -2.37. The highest BCUT2D eigenvalue weighted by Crippen LogP contribution is 2.38. The summed E-state index contributed by atoms with van der Waals surface area (Å²) in [7, 11) is 0. The number of para-hydroxylation sites is 1. The van der Waals surface area contributed by atoms with Gasteiger partial charge in [-0.05, 0) is 73.2 Å². The molecule has 3 atom stereocenters. The molecular weight excluding hydrogens is 522 g/mol. The van der Waals surface area contributed by atoms with Crippen molar-refractivity contribution in [2.75, 3.05) is 39.3 Å². The van der Waals surface area contributed by atoms with Gasteiger partial charge in [0.2, 0.25) is 0 Å². The third-order valence-corrected chi connectivity index (χ3v) is 9.90. The van der Waals surface area contributed by atoms with E-state index in [0.29, 0.717) is 35.6 Å². The average molecular weight is 569 g/mol. The van der Waals surface area contributed by atoms with Crippen molar-refractivity contribution in [3.63, 3.8) is 0 Å². The summed E-state index contributed by atoms with van der Waals surface area (Å²) in [4.78, 5) is 28.3. The van der Waals surface area contributed by atoms with E-state index in [1.807, 2.05) is 25.4 Å². The highest BCUT2D eigenvalue weighted by Gasteiger charge is 2.58. The van der Waals surface area contributed by atoms with Crippen molar-refractivity contribution in [3.8, 4) is 0 Å². The fourth-order valence-electron chi connectivity index (χ4n) is 7.42. The summed E-state index contributed by atoms with van der Waals surface area (Å²) in [6, 6.07) is 15.5. The van der Waals surface area contributed by atoms with Crippen LogP contribution in [-0.2, 0) is 6.54 Å². The number of urea groups is 1. The lowest BCUT2D eigenvalue weighted by atomic mass is 9.85. The predicted molar refractivity (Wildman–Crippen MR) is 167 cm³/mol. The monoisotopic (exact) mass is 568 g/mol. The molecule has 42 heavy (non-hydrogen) atoms. The molecule has 0 radical (unpaired) electrons. The number of quaternary nitrogens is 1. The summed E-state index contributed by atoms with van der Waals surface area (Å²) in [5, 5.41) is 1.19. The lowest BCUT2D eigenvalue weighted by Crippen LogP contribution is -2.55. The van der Waals surface area contributed by atoms with Crippen molar-refractivity contribution in [1.82, 2.24) is 25.2 Å². The first-order valence-corrected chi connectivity index (χ1v) is 15.7. The van der Waals surface area contributed by atoms with Gasteiger partial charge in [0.25, 0.3) is 0 Å². The second kappa shape index (κ2) is 12.1. The molecule has 2 aromatic heterocycles. The number of nitrogens with zero attached hydrogens (tertiary/aromatic N) is 5. The molecule has 1 aromatic carbocycles. The van der Waals surface area contributed by atoms with E-state index in [9.17, 15) is 4.79 Å². The largest absolute Gasteiger partial charge is 0.420 e. The van der Waals surface area contributed by atoms with Gasteiger partial charge in [-0.15, -0.1) is 0 Å². The van der Waals surface area contributed by atoms with Crippen molar-refractivity contribution in [1.29, 1.82) is 0 Å². The molecule has 0 bridgehead atoms. The Morgan fingerprint density at radius 3 is 2.76 bits per heavy atom. The minimum atomic E-state index is 0.208. The first-order valence-electron chi connectivity index (χ1n) is 15.7. The summed E-state index contributed by atoms with van der Waals surface area (Å²) in [5.74, 6) is 6.84. The maximum Gasteiger partial charge on any atom is 0.420 e. The summed E-state index contributed by atoms with van der Waals surface area (Å²) in [6.07, 6.45) is 7.89. The average Bonchev–Trinajstić information content (AvgIpc) is 3.83. The Balaban J connectivity index is 1.20. The number of pyridine rings is 2. The number of hydrogen-bond donors (Lipinski definition) is 2. The molecule has 3 aromatic rings. The van der Waals surface area contributed by atoms with Crippen molar-refractivity contribution in [2.45, 2.75) is 65.0 Å². The number of benzene rings is 1. The number of likely N-dealkylation sites (tertiary alicyclic amines) is 1. The normalized spacial score (nSPS) is 23.5. The number of aryl methyl sites for hydroxylation is 1. The van der Waals surface area contributed by atoms with Gasteiger partial charge < -0.3 is 5.43 Å². The lowest BCUT2D eigenvalue weighted by molar-refractivity contribution is -0.748. The third-order valence-electron chi connectivity index (χ3n) is 9.90. The van der Waals surface area contributed by atoms with Crippen LogP contribution in [0.15, 0.2) is 66.1 Å². The van der Waals surface area contributed by atoms with E-state index in [2.05, 4.69) is 70.5 Å². The second-order valence-corrected chi connectivity index (χ2v) is 12.8. The minimum Gasteiger partial charge on any atom is -0.328 e. The summed E-state index contributed by atoms with van der Waals surface area (Å²) >= 11 is 0. The van der Waals surface area contributed by atoms with E-state index >= 15 is 0 Å². The molecule has 8 nitrogen and oxygen atoms in total. The van der Waals surface area contributed by atoms with E-state index in [0.717, 1.165) is 75.3 Å². The van der Waals surface area contributed by atoms with Crippen LogP contribution in [0.4, 0.5) is 4.79 Å². The Morgan fingerprint density at radius 2 is 2.00 bits per heavy atom. The van der Waals surface area contributed by atoms with Crippen LogP contribution >= 0.6 is 0 Å². The molecule has 6 rings (SSSR count). The number of hydrazine groups is 1. The topological polar surface area (TPSA) is 87.4 Å². The molecule has 0 spiro atoms. The molecule has 8 heteroatoms. The molecule has 3 unspecified atom stereocenters. The van der Waals surface area contributed by atoms with Crippen LogP contribution in [0.3, 0.4) is 0 Å². The Hall–Kier alpha value is -3.33. The maximum absolute atomic E-state index is 14.4. The van der Waals surface area contributed by atoms with E-state index in [-0.39, 0.29) is 5.92 Å². The molecule has 0 aliphatic carbocycles. The van der Waals surface area contributed by atoms with Crippen LogP contribution in [0.1, 0.15) is 62.3 Å². The molecule has 3 aliphatic rings. The van der Waals surface area contributed by atoms with Gasteiger partial charge in [0.05, 0.1) is 12.1 Å². The fourth-order valence-corrected chi connectivity index (χ4v) is 7.42. The second-order valence-electron chi connectivity index (χ2n) is 12.8. The molecule has 3 N–H and O–H groups in total. The van der Waals surface area contributed by atoms with Gasteiger partial charge in [-0.3, -0.25) is 25.6 Å². The van der Waals surface area contributed by atoms with E-state index in [1.54, 1.807) is 0 Å². The number of rotatable bonds is 7. The van der Waals surface area contributed by atoms with Gasteiger partial charge >= 0.3 is 6.03 Å². The standard InChI is InChI=1S/C34H46N7O/c1-4-30(27-9-12-36-25(3)18-27)31-23-40(14-11-33(31)38-35)34(42)41(15-16-41)29-17-24(2)10-13-39(22-29)21-26-19-28-7-5-6-8-32(28)37-20-26/h5-9,12,18-20,24,29-30,38H,4,10-11,13-17,21-23,35H2,1-3H3/q+1. The Labute approximate surface area is 250 Å². The molecule has 0 saturated carbocycles. The first-order chi connectivity index (χ1) is 20.4. The predicted octanol–water partition coefficient (Wildman–Crippen LogP) is 5.11. The van der Waals surface area contributed by atoms with Gasteiger partial charge in [-0.25, -0.2) is 9.28 Å². The van der Waals surface area contributed by atoms with Crippen molar-refractivity contribution in [3.05, 3.63) is 82.9 Å². The van der Waals surface area contributed by atoms with Gasteiger partial charge in [0.1, 0.15) is 19.1 Å². The van der Waals surface area contributed by atoms with Crippen LogP contribution in [0, 0.1) is 12.8 Å². The number of fused-ring (bicyclic) bond motifs is 1.